The quantitative estimate of drug-likeness (QED) is 0.298. The highest BCUT2D eigenvalue weighted by molar-refractivity contribution is 5.49. The van der Waals surface area contributed by atoms with Crippen LogP contribution in [0, 0.1) is 11.8 Å². The van der Waals surface area contributed by atoms with Crippen LogP contribution in [0.4, 0.5) is 5.69 Å². The zero-order valence-electron chi connectivity index (χ0n) is 30.0. The number of hydrogen-bond donors (Lipinski definition) is 0. The maximum atomic E-state index is 2.69. The van der Waals surface area contributed by atoms with Crippen molar-refractivity contribution in [2.24, 2.45) is 11.8 Å². The molecule has 2 aromatic rings. The first kappa shape index (κ1) is 36.6. The lowest BCUT2D eigenvalue weighted by Gasteiger charge is -2.39. The van der Waals surface area contributed by atoms with E-state index in [4.69, 9.17) is 0 Å². The lowest BCUT2D eigenvalue weighted by Crippen LogP contribution is -2.48. The van der Waals surface area contributed by atoms with Gasteiger partial charge in [0, 0.05) is 45.0 Å². The molecular weight excluding hydrogens is 536 g/mol. The maximum Gasteiger partial charge on any atom is 0.0369 e. The largest absolute Gasteiger partial charge is 0.369 e. The van der Waals surface area contributed by atoms with Gasteiger partial charge in [-0.25, -0.2) is 0 Å². The Balaban J connectivity index is 0.000000227. The van der Waals surface area contributed by atoms with Crippen molar-refractivity contribution in [3.63, 3.8) is 0 Å². The number of rotatable bonds is 8. The highest BCUT2D eigenvalue weighted by Gasteiger charge is 2.23. The van der Waals surface area contributed by atoms with E-state index in [1.165, 1.54) is 120 Å². The minimum absolute atomic E-state index is 0.612. The van der Waals surface area contributed by atoms with Gasteiger partial charge in [-0.1, -0.05) is 97.7 Å². The molecule has 4 heteroatoms. The van der Waals surface area contributed by atoms with Gasteiger partial charge in [-0.2, -0.15) is 0 Å². The molecule has 3 heterocycles. The van der Waals surface area contributed by atoms with Gasteiger partial charge in [0.1, 0.15) is 0 Å². The molecule has 0 amide bonds. The van der Waals surface area contributed by atoms with Crippen LogP contribution in [-0.4, -0.2) is 80.7 Å². The number of hydrogen-bond acceptors (Lipinski definition) is 4. The third-order valence-corrected chi connectivity index (χ3v) is 9.94. The SMILES string of the molecule is CC(C)c1cccc(N2CCN(CC3CCN(C)CC3)CC2)c1.CCC.CCC1CCN(Cc2cccc(C(C)C)c2)CC1. The molecule has 0 radical (unpaired) electrons. The number of anilines is 1. The molecule has 0 spiro atoms. The summed E-state index contributed by atoms with van der Waals surface area (Å²) in [7, 11) is 2.25. The van der Waals surface area contributed by atoms with Gasteiger partial charge in [-0.15, -0.1) is 0 Å². The molecule has 0 aromatic heterocycles. The minimum Gasteiger partial charge on any atom is -0.369 e. The van der Waals surface area contributed by atoms with E-state index in [1.807, 2.05) is 0 Å². The van der Waals surface area contributed by atoms with Gasteiger partial charge in [0.05, 0.1) is 0 Å². The van der Waals surface area contributed by atoms with Gasteiger partial charge in [-0.3, -0.25) is 9.80 Å². The Morgan fingerprint density at radius 2 is 1.18 bits per heavy atom. The summed E-state index contributed by atoms with van der Waals surface area (Å²) in [5.41, 5.74) is 5.82. The first-order valence-corrected chi connectivity index (χ1v) is 18.3. The van der Waals surface area contributed by atoms with Crippen molar-refractivity contribution in [3.8, 4) is 0 Å². The first-order valence-electron chi connectivity index (χ1n) is 18.3. The summed E-state index contributed by atoms with van der Waals surface area (Å²) in [5.74, 6) is 3.14. The zero-order valence-corrected chi connectivity index (χ0v) is 30.0. The van der Waals surface area contributed by atoms with Gasteiger partial charge in [0.2, 0.25) is 0 Å². The van der Waals surface area contributed by atoms with Crippen LogP contribution in [-0.2, 0) is 6.54 Å². The van der Waals surface area contributed by atoms with E-state index in [9.17, 15) is 0 Å². The summed E-state index contributed by atoms with van der Waals surface area (Å²) in [4.78, 5) is 10.3. The first-order chi connectivity index (χ1) is 21.2. The average Bonchev–Trinajstić information content (AvgIpc) is 3.04. The molecule has 3 aliphatic rings. The molecule has 3 saturated heterocycles. The van der Waals surface area contributed by atoms with Crippen LogP contribution >= 0.6 is 0 Å². The molecule has 0 aliphatic carbocycles. The highest BCUT2D eigenvalue weighted by Crippen LogP contribution is 2.25. The molecule has 0 bridgehead atoms. The number of benzene rings is 2. The third kappa shape index (κ3) is 12.5. The van der Waals surface area contributed by atoms with Crippen LogP contribution in [0.15, 0.2) is 48.5 Å². The smallest absolute Gasteiger partial charge is 0.0369 e. The molecule has 5 rings (SSSR count). The Morgan fingerprint density at radius 1 is 0.636 bits per heavy atom. The van der Waals surface area contributed by atoms with Gasteiger partial charge < -0.3 is 9.80 Å². The number of likely N-dealkylation sites (tertiary alicyclic amines) is 2. The van der Waals surface area contributed by atoms with Crippen molar-refractivity contribution in [2.75, 3.05) is 70.9 Å². The van der Waals surface area contributed by atoms with Gasteiger partial charge in [0.25, 0.3) is 0 Å². The lowest BCUT2D eigenvalue weighted by molar-refractivity contribution is 0.155. The predicted octanol–water partition coefficient (Wildman–Crippen LogP) is 9.12. The molecular formula is C40H68N4. The van der Waals surface area contributed by atoms with Gasteiger partial charge >= 0.3 is 0 Å². The second-order valence-electron chi connectivity index (χ2n) is 14.5. The van der Waals surface area contributed by atoms with E-state index in [0.29, 0.717) is 11.8 Å². The summed E-state index contributed by atoms with van der Waals surface area (Å²) in [5, 5.41) is 0. The summed E-state index contributed by atoms with van der Waals surface area (Å²) in [6, 6.07) is 18.3. The van der Waals surface area contributed by atoms with Crippen molar-refractivity contribution in [1.29, 1.82) is 0 Å². The van der Waals surface area contributed by atoms with Crippen molar-refractivity contribution >= 4 is 5.69 Å². The molecule has 0 unspecified atom stereocenters. The van der Waals surface area contributed by atoms with E-state index in [2.05, 4.69) is 124 Å². The van der Waals surface area contributed by atoms with Crippen LogP contribution in [0.25, 0.3) is 0 Å². The van der Waals surface area contributed by atoms with Crippen LogP contribution in [0.3, 0.4) is 0 Å². The van der Waals surface area contributed by atoms with E-state index < -0.39 is 0 Å². The molecule has 44 heavy (non-hydrogen) atoms. The Bertz CT molecular complexity index is 1030. The second-order valence-corrected chi connectivity index (χ2v) is 14.5. The Labute approximate surface area is 273 Å². The van der Waals surface area contributed by atoms with Crippen LogP contribution in [0.2, 0.25) is 0 Å². The summed E-state index contributed by atoms with van der Waals surface area (Å²) in [6.07, 6.45) is 8.15. The van der Waals surface area contributed by atoms with Crippen molar-refractivity contribution in [3.05, 3.63) is 65.2 Å². The topological polar surface area (TPSA) is 13.0 Å². The third-order valence-electron chi connectivity index (χ3n) is 9.94. The van der Waals surface area contributed by atoms with Crippen molar-refractivity contribution in [2.45, 2.75) is 105 Å². The normalized spacial score (nSPS) is 19.5. The number of piperazine rings is 1. The molecule has 3 fully saturated rings. The number of nitrogens with zero attached hydrogens (tertiary/aromatic N) is 4. The molecule has 0 atom stereocenters. The summed E-state index contributed by atoms with van der Waals surface area (Å²) < 4.78 is 0. The second kappa shape index (κ2) is 19.6. The Kier molecular flexibility index (Phi) is 16.3. The number of piperidine rings is 2. The molecule has 4 nitrogen and oxygen atoms in total. The fraction of sp³-hybridized carbons (Fsp3) is 0.700. The van der Waals surface area contributed by atoms with Crippen LogP contribution < -0.4 is 4.90 Å². The molecule has 3 aliphatic heterocycles. The maximum absolute atomic E-state index is 2.69. The monoisotopic (exact) mass is 605 g/mol. The Morgan fingerprint density at radius 3 is 1.75 bits per heavy atom. The fourth-order valence-electron chi connectivity index (χ4n) is 6.74. The summed E-state index contributed by atoms with van der Waals surface area (Å²) >= 11 is 0. The van der Waals surface area contributed by atoms with Crippen LogP contribution in [0.5, 0.6) is 0 Å². The fourth-order valence-corrected chi connectivity index (χ4v) is 6.74. The van der Waals surface area contributed by atoms with E-state index >= 15 is 0 Å². The summed E-state index contributed by atoms with van der Waals surface area (Å²) in [6.45, 7) is 28.0. The van der Waals surface area contributed by atoms with Crippen LogP contribution in [0.1, 0.15) is 116 Å². The predicted molar refractivity (Wildman–Crippen MR) is 194 cm³/mol. The van der Waals surface area contributed by atoms with E-state index in [0.717, 1.165) is 18.4 Å². The average molecular weight is 605 g/mol. The standard InChI is InChI=1S/C20H33N3.C17H27N.C3H8/c1-17(2)19-5-4-6-20(15-19)23-13-11-22(12-14-23)16-18-7-9-21(3)10-8-18;1-4-15-8-10-18(11-9-15)13-16-6-5-7-17(12-16)14(2)3;1-3-2/h4-6,15,17-18H,7-14,16H2,1-3H3;5-7,12,14-15H,4,8-11,13H2,1-3H3;3H2,1-2H3. The zero-order chi connectivity index (χ0) is 31.9. The van der Waals surface area contributed by atoms with Crippen molar-refractivity contribution < 1.29 is 0 Å². The van der Waals surface area contributed by atoms with Crippen molar-refractivity contribution in [1.82, 2.24) is 14.7 Å². The van der Waals surface area contributed by atoms with E-state index in [1.54, 1.807) is 0 Å². The highest BCUT2D eigenvalue weighted by atomic mass is 15.3. The lowest BCUT2D eigenvalue weighted by atomic mass is 9.94. The molecule has 0 N–H and O–H groups in total. The van der Waals surface area contributed by atoms with E-state index in [-0.39, 0.29) is 0 Å². The molecule has 248 valence electrons. The van der Waals surface area contributed by atoms with Gasteiger partial charge in [0.15, 0.2) is 0 Å². The minimum atomic E-state index is 0.612. The molecule has 2 aromatic carbocycles. The molecule has 0 saturated carbocycles. The van der Waals surface area contributed by atoms with Gasteiger partial charge in [-0.05, 0) is 111 Å². The Hall–Kier alpha value is -1.88.